The number of anilines is 1. The highest BCUT2D eigenvalue weighted by Gasteiger charge is 2.35. The molecule has 2 aromatic heterocycles. The Morgan fingerprint density at radius 1 is 0.917 bits per heavy atom. The molecule has 0 radical (unpaired) electrons. The number of carbonyl (C=O) groups excluding carboxylic acids is 1. The van der Waals surface area contributed by atoms with Gasteiger partial charge in [0.05, 0.1) is 29.7 Å². The van der Waals surface area contributed by atoms with Crippen LogP contribution in [0.1, 0.15) is 28.6 Å². The van der Waals surface area contributed by atoms with Crippen LogP contribution < -0.4 is 5.32 Å². The molecule has 1 atom stereocenters. The molecule has 0 saturated carbocycles. The normalized spacial score (nSPS) is 14.6. The predicted molar refractivity (Wildman–Crippen MR) is 142 cm³/mol. The number of carbonyl (C=O) groups is 1. The van der Waals surface area contributed by atoms with Crippen LogP contribution in [0.15, 0.2) is 103 Å². The van der Waals surface area contributed by atoms with Crippen LogP contribution in [0.3, 0.4) is 0 Å². The van der Waals surface area contributed by atoms with E-state index in [4.69, 9.17) is 16.7 Å². The van der Waals surface area contributed by atoms with Crippen LogP contribution in [0.5, 0.6) is 0 Å². The number of aromatic nitrogens is 3. The first-order chi connectivity index (χ1) is 17.6. The van der Waals surface area contributed by atoms with Crippen molar-refractivity contribution < 1.29 is 4.79 Å². The fourth-order valence-electron chi connectivity index (χ4n) is 4.86. The van der Waals surface area contributed by atoms with Crippen molar-refractivity contribution >= 4 is 23.3 Å². The van der Waals surface area contributed by atoms with E-state index in [0.717, 1.165) is 34.0 Å². The summed E-state index contributed by atoms with van der Waals surface area (Å²) < 4.78 is 4.13. The van der Waals surface area contributed by atoms with E-state index in [1.807, 2.05) is 89.4 Å². The molecule has 6 nitrogen and oxygen atoms in total. The Kier molecular flexibility index (Phi) is 5.58. The highest BCUT2D eigenvalue weighted by Crippen LogP contribution is 2.38. The van der Waals surface area contributed by atoms with Crippen LogP contribution in [0.2, 0.25) is 5.02 Å². The molecule has 3 heterocycles. The molecule has 0 saturated heterocycles. The number of aryl methyl sites for hydroxylation is 1. The molecule has 0 aliphatic carbocycles. The topological polar surface area (TPSA) is 55.1 Å². The molecule has 5 aromatic rings. The summed E-state index contributed by atoms with van der Waals surface area (Å²) in [5.41, 5.74) is 5.56. The Bertz CT molecular complexity index is 1520. The number of amides is 2. The number of rotatable bonds is 3. The molecule has 1 aliphatic heterocycles. The van der Waals surface area contributed by atoms with Crippen molar-refractivity contribution in [3.8, 4) is 11.5 Å². The first-order valence-corrected chi connectivity index (χ1v) is 12.2. The zero-order chi connectivity index (χ0) is 24.6. The number of para-hydroxylation sites is 1. The molecular formula is C29H24ClN5O. The number of fused-ring (bicyclic) bond motifs is 3. The lowest BCUT2D eigenvalue weighted by Gasteiger charge is -2.31. The molecule has 0 bridgehead atoms. The van der Waals surface area contributed by atoms with Crippen molar-refractivity contribution in [1.82, 2.24) is 19.2 Å². The molecule has 1 N–H and O–H groups in total. The van der Waals surface area contributed by atoms with E-state index >= 15 is 0 Å². The number of benzene rings is 3. The van der Waals surface area contributed by atoms with Crippen LogP contribution >= 0.6 is 11.6 Å². The number of nitrogens with zero attached hydrogens (tertiary/aromatic N) is 4. The summed E-state index contributed by atoms with van der Waals surface area (Å²) in [6, 6.07) is 31.0. The lowest BCUT2D eigenvalue weighted by atomic mass is 10.0. The van der Waals surface area contributed by atoms with Crippen LogP contribution in [-0.4, -0.2) is 25.3 Å². The van der Waals surface area contributed by atoms with Crippen LogP contribution in [0.4, 0.5) is 10.5 Å². The maximum Gasteiger partial charge on any atom is 0.322 e. The summed E-state index contributed by atoms with van der Waals surface area (Å²) in [5.74, 6) is 0.946. The number of hydrogen-bond acceptors (Lipinski definition) is 2. The van der Waals surface area contributed by atoms with E-state index < -0.39 is 0 Å². The first kappa shape index (κ1) is 22.2. The van der Waals surface area contributed by atoms with Crippen molar-refractivity contribution in [2.24, 2.45) is 0 Å². The standard InChI is InChI=1S/C29H24ClN5O/c1-20-25-19-34(29(36)31-23-16-14-22(30)15-17-23)27(21-9-4-2-5-10-21)26-13-8-18-33(26)28(25)35(32-20)24-11-6-3-7-12-24/h2-18,27H,19H2,1H3,(H,31,36)/t27-/m1/s1. The molecular weight excluding hydrogens is 470 g/mol. The summed E-state index contributed by atoms with van der Waals surface area (Å²) in [7, 11) is 0. The van der Waals surface area contributed by atoms with E-state index in [0.29, 0.717) is 17.3 Å². The molecule has 0 fully saturated rings. The van der Waals surface area contributed by atoms with Gasteiger partial charge in [0.15, 0.2) is 0 Å². The second-order valence-corrected chi connectivity index (χ2v) is 9.25. The predicted octanol–water partition coefficient (Wildman–Crippen LogP) is 6.76. The Morgan fingerprint density at radius 2 is 1.61 bits per heavy atom. The lowest BCUT2D eigenvalue weighted by molar-refractivity contribution is 0.194. The van der Waals surface area contributed by atoms with E-state index in [1.54, 1.807) is 12.1 Å². The van der Waals surface area contributed by atoms with Gasteiger partial charge in [-0.2, -0.15) is 5.10 Å². The van der Waals surface area contributed by atoms with E-state index in [1.165, 1.54) is 0 Å². The van der Waals surface area contributed by atoms with Gasteiger partial charge in [0.2, 0.25) is 0 Å². The molecule has 178 valence electrons. The second kappa shape index (κ2) is 9.06. The zero-order valence-electron chi connectivity index (χ0n) is 19.7. The van der Waals surface area contributed by atoms with E-state index in [2.05, 4.69) is 28.1 Å². The third-order valence-corrected chi connectivity index (χ3v) is 6.81. The summed E-state index contributed by atoms with van der Waals surface area (Å²) in [4.78, 5) is 15.7. The van der Waals surface area contributed by atoms with E-state index in [-0.39, 0.29) is 12.1 Å². The van der Waals surface area contributed by atoms with Gasteiger partial charge in [0.25, 0.3) is 0 Å². The molecule has 1 aliphatic rings. The number of halogens is 1. The van der Waals surface area contributed by atoms with Gasteiger partial charge in [-0.15, -0.1) is 0 Å². The van der Waals surface area contributed by atoms with Gasteiger partial charge < -0.3 is 14.8 Å². The van der Waals surface area contributed by atoms with Crippen LogP contribution in [-0.2, 0) is 6.54 Å². The van der Waals surface area contributed by atoms with Gasteiger partial charge >= 0.3 is 6.03 Å². The average molecular weight is 494 g/mol. The molecule has 3 aromatic carbocycles. The zero-order valence-corrected chi connectivity index (χ0v) is 20.4. The number of nitrogens with one attached hydrogen (secondary N) is 1. The molecule has 7 heteroatoms. The molecule has 0 spiro atoms. The van der Waals surface area contributed by atoms with Crippen molar-refractivity contribution in [1.29, 1.82) is 0 Å². The maximum absolute atomic E-state index is 13.9. The summed E-state index contributed by atoms with van der Waals surface area (Å²) in [6.45, 7) is 2.40. The van der Waals surface area contributed by atoms with E-state index in [9.17, 15) is 4.79 Å². The fraction of sp³-hybridized carbons (Fsp3) is 0.103. The summed E-state index contributed by atoms with van der Waals surface area (Å²) >= 11 is 6.06. The van der Waals surface area contributed by atoms with Crippen molar-refractivity contribution in [3.63, 3.8) is 0 Å². The van der Waals surface area contributed by atoms with Gasteiger partial charge in [0.1, 0.15) is 5.82 Å². The Balaban J connectivity index is 1.52. The lowest BCUT2D eigenvalue weighted by Crippen LogP contribution is -2.38. The first-order valence-electron chi connectivity index (χ1n) is 11.8. The largest absolute Gasteiger partial charge is 0.322 e. The highest BCUT2D eigenvalue weighted by molar-refractivity contribution is 6.30. The summed E-state index contributed by atoms with van der Waals surface area (Å²) in [5, 5.41) is 8.58. The smallest absolute Gasteiger partial charge is 0.308 e. The van der Waals surface area contributed by atoms with Gasteiger partial charge in [-0.05, 0) is 61.0 Å². The Morgan fingerprint density at radius 3 is 2.33 bits per heavy atom. The van der Waals surface area contributed by atoms with Gasteiger partial charge in [-0.3, -0.25) is 0 Å². The van der Waals surface area contributed by atoms with Crippen molar-refractivity contribution in [3.05, 3.63) is 131 Å². The fourth-order valence-corrected chi connectivity index (χ4v) is 4.99. The van der Waals surface area contributed by atoms with Gasteiger partial charge in [0, 0.05) is 22.5 Å². The monoisotopic (exact) mass is 493 g/mol. The Hall–Kier alpha value is -4.29. The van der Waals surface area contributed by atoms with Gasteiger partial charge in [-0.1, -0.05) is 60.1 Å². The molecule has 0 unspecified atom stereocenters. The maximum atomic E-state index is 13.9. The van der Waals surface area contributed by atoms with Crippen LogP contribution in [0, 0.1) is 6.92 Å². The minimum atomic E-state index is -0.301. The minimum Gasteiger partial charge on any atom is -0.308 e. The third-order valence-electron chi connectivity index (χ3n) is 6.56. The van der Waals surface area contributed by atoms with Crippen molar-refractivity contribution in [2.75, 3.05) is 5.32 Å². The molecule has 6 rings (SSSR count). The molecule has 36 heavy (non-hydrogen) atoms. The second-order valence-electron chi connectivity index (χ2n) is 8.82. The minimum absolute atomic E-state index is 0.196. The molecule has 2 amide bonds. The van der Waals surface area contributed by atoms with Crippen LogP contribution in [0.25, 0.3) is 11.5 Å². The van der Waals surface area contributed by atoms with Gasteiger partial charge in [-0.25, -0.2) is 9.48 Å². The third kappa shape index (κ3) is 3.85. The number of urea groups is 1. The average Bonchev–Trinajstić information content (AvgIpc) is 3.47. The quantitative estimate of drug-likeness (QED) is 0.302. The number of hydrogen-bond donors (Lipinski definition) is 1. The Labute approximate surface area is 214 Å². The van der Waals surface area contributed by atoms with Crippen molar-refractivity contribution in [2.45, 2.75) is 19.5 Å². The SMILES string of the molecule is Cc1nn(-c2ccccc2)c2c1CN(C(=O)Nc1ccc(Cl)cc1)[C@H](c1ccccc1)c1cccn1-2. The summed E-state index contributed by atoms with van der Waals surface area (Å²) in [6.07, 6.45) is 2.05. The highest BCUT2D eigenvalue weighted by atomic mass is 35.5.